The minimum absolute atomic E-state index is 0.566. The van der Waals surface area contributed by atoms with Gasteiger partial charge in [0.05, 0.1) is 33.0 Å². The zero-order chi connectivity index (χ0) is 14.9. The van der Waals surface area contributed by atoms with E-state index in [-0.39, 0.29) is 0 Å². The van der Waals surface area contributed by atoms with Crippen LogP contribution < -0.4 is 5.73 Å². The van der Waals surface area contributed by atoms with Crippen LogP contribution in [0.1, 0.15) is 5.56 Å². The van der Waals surface area contributed by atoms with E-state index in [0.717, 1.165) is 6.54 Å². The standard InChI is InChI=1S/C16H24N2O3/c1-19-9-10-21-12-11-20-8-7-18-6-5-15-14(13-17)3-2-4-16(15)18/h2-6H,7-13,17H2,1H3. The number of nitrogens with zero attached hydrogens (tertiary/aromatic N) is 1. The van der Waals surface area contributed by atoms with Crippen molar-refractivity contribution in [1.29, 1.82) is 0 Å². The molecule has 0 spiro atoms. The molecule has 0 unspecified atom stereocenters. The van der Waals surface area contributed by atoms with E-state index in [4.69, 9.17) is 19.9 Å². The molecule has 1 aromatic carbocycles. The molecule has 0 saturated carbocycles. The van der Waals surface area contributed by atoms with Crippen molar-refractivity contribution >= 4 is 10.9 Å². The summed E-state index contributed by atoms with van der Waals surface area (Å²) in [6.07, 6.45) is 2.09. The molecule has 2 rings (SSSR count). The Morgan fingerprint density at radius 2 is 1.76 bits per heavy atom. The van der Waals surface area contributed by atoms with Crippen LogP contribution in [0.25, 0.3) is 10.9 Å². The summed E-state index contributed by atoms with van der Waals surface area (Å²) in [6, 6.07) is 8.35. The van der Waals surface area contributed by atoms with E-state index in [1.807, 2.05) is 6.07 Å². The average Bonchev–Trinajstić information content (AvgIpc) is 2.93. The zero-order valence-electron chi connectivity index (χ0n) is 12.6. The van der Waals surface area contributed by atoms with Gasteiger partial charge in [0.1, 0.15) is 0 Å². The molecule has 116 valence electrons. The van der Waals surface area contributed by atoms with Crippen molar-refractivity contribution < 1.29 is 14.2 Å². The SMILES string of the molecule is COCCOCCOCCn1ccc2c(CN)cccc21. The molecular weight excluding hydrogens is 268 g/mol. The van der Waals surface area contributed by atoms with Gasteiger partial charge in [0, 0.05) is 37.3 Å². The van der Waals surface area contributed by atoms with Gasteiger partial charge in [-0.25, -0.2) is 0 Å². The zero-order valence-corrected chi connectivity index (χ0v) is 12.6. The van der Waals surface area contributed by atoms with Gasteiger partial charge in [0.2, 0.25) is 0 Å². The molecule has 0 radical (unpaired) electrons. The van der Waals surface area contributed by atoms with E-state index in [2.05, 4.69) is 29.0 Å². The van der Waals surface area contributed by atoms with Crippen LogP contribution in [0.15, 0.2) is 30.5 Å². The Labute approximate surface area is 125 Å². The van der Waals surface area contributed by atoms with E-state index in [1.54, 1.807) is 7.11 Å². The minimum atomic E-state index is 0.566. The van der Waals surface area contributed by atoms with Crippen LogP contribution in [0.5, 0.6) is 0 Å². The fourth-order valence-electron chi connectivity index (χ4n) is 2.29. The van der Waals surface area contributed by atoms with Crippen LogP contribution in [-0.4, -0.2) is 44.7 Å². The Bertz CT molecular complexity index is 539. The van der Waals surface area contributed by atoms with Crippen molar-refractivity contribution in [2.45, 2.75) is 13.1 Å². The van der Waals surface area contributed by atoms with Crippen molar-refractivity contribution in [3.05, 3.63) is 36.0 Å². The summed E-state index contributed by atoms with van der Waals surface area (Å²) in [4.78, 5) is 0. The number of fused-ring (bicyclic) bond motifs is 1. The molecular formula is C16H24N2O3. The lowest BCUT2D eigenvalue weighted by Crippen LogP contribution is -2.11. The van der Waals surface area contributed by atoms with Crippen LogP contribution in [-0.2, 0) is 27.3 Å². The predicted octanol–water partition coefficient (Wildman–Crippen LogP) is 1.78. The fourth-order valence-corrected chi connectivity index (χ4v) is 2.29. The Hall–Kier alpha value is -1.40. The number of hydrogen-bond donors (Lipinski definition) is 1. The summed E-state index contributed by atoms with van der Waals surface area (Å²) in [7, 11) is 1.66. The average molecular weight is 292 g/mol. The second kappa shape index (κ2) is 8.79. The maximum Gasteiger partial charge on any atom is 0.0701 e. The van der Waals surface area contributed by atoms with E-state index in [1.165, 1.54) is 16.5 Å². The molecule has 0 fully saturated rings. The van der Waals surface area contributed by atoms with Crippen molar-refractivity contribution in [2.24, 2.45) is 5.73 Å². The molecule has 2 aromatic rings. The molecule has 0 aliphatic carbocycles. The lowest BCUT2D eigenvalue weighted by atomic mass is 10.1. The topological polar surface area (TPSA) is 58.6 Å². The van der Waals surface area contributed by atoms with Gasteiger partial charge in [-0.15, -0.1) is 0 Å². The number of hydrogen-bond acceptors (Lipinski definition) is 4. The third kappa shape index (κ3) is 4.54. The Morgan fingerprint density at radius 3 is 2.52 bits per heavy atom. The summed E-state index contributed by atoms with van der Waals surface area (Å²) in [5.74, 6) is 0. The molecule has 5 nitrogen and oxygen atoms in total. The van der Waals surface area contributed by atoms with E-state index < -0.39 is 0 Å². The third-order valence-electron chi connectivity index (χ3n) is 3.40. The molecule has 0 saturated heterocycles. The summed E-state index contributed by atoms with van der Waals surface area (Å²) >= 11 is 0. The van der Waals surface area contributed by atoms with Crippen LogP contribution in [0.2, 0.25) is 0 Å². The summed E-state index contributed by atoms with van der Waals surface area (Å²) in [5.41, 5.74) is 8.14. The molecule has 21 heavy (non-hydrogen) atoms. The van der Waals surface area contributed by atoms with Crippen molar-refractivity contribution in [2.75, 3.05) is 40.1 Å². The number of aromatic nitrogens is 1. The molecule has 0 bridgehead atoms. The third-order valence-corrected chi connectivity index (χ3v) is 3.40. The Kier molecular flexibility index (Phi) is 6.69. The minimum Gasteiger partial charge on any atom is -0.382 e. The molecule has 0 amide bonds. The van der Waals surface area contributed by atoms with Gasteiger partial charge in [-0.05, 0) is 17.7 Å². The van der Waals surface area contributed by atoms with Crippen LogP contribution in [0.3, 0.4) is 0 Å². The number of methoxy groups -OCH3 is 1. The van der Waals surface area contributed by atoms with E-state index >= 15 is 0 Å². The van der Waals surface area contributed by atoms with Crippen LogP contribution in [0, 0.1) is 0 Å². The molecule has 0 aliphatic heterocycles. The maximum atomic E-state index is 5.76. The maximum absolute atomic E-state index is 5.76. The molecule has 5 heteroatoms. The fraction of sp³-hybridized carbons (Fsp3) is 0.500. The number of ether oxygens (including phenoxy) is 3. The van der Waals surface area contributed by atoms with Gasteiger partial charge >= 0.3 is 0 Å². The summed E-state index contributed by atoms with van der Waals surface area (Å²) in [5, 5.41) is 1.22. The first kappa shape index (κ1) is 16.0. The summed E-state index contributed by atoms with van der Waals surface area (Å²) in [6.45, 7) is 4.52. The molecule has 2 N–H and O–H groups in total. The van der Waals surface area contributed by atoms with Gasteiger partial charge in [0.15, 0.2) is 0 Å². The lowest BCUT2D eigenvalue weighted by Gasteiger charge is -2.08. The highest BCUT2D eigenvalue weighted by molar-refractivity contribution is 5.83. The lowest BCUT2D eigenvalue weighted by molar-refractivity contribution is 0.0232. The quantitative estimate of drug-likeness (QED) is 0.678. The normalized spacial score (nSPS) is 11.3. The smallest absolute Gasteiger partial charge is 0.0701 e. The molecule has 0 aliphatic rings. The number of benzene rings is 1. The highest BCUT2D eigenvalue weighted by Crippen LogP contribution is 2.19. The van der Waals surface area contributed by atoms with Gasteiger partial charge in [-0.3, -0.25) is 0 Å². The van der Waals surface area contributed by atoms with Gasteiger partial charge in [0.25, 0.3) is 0 Å². The highest BCUT2D eigenvalue weighted by atomic mass is 16.5. The summed E-state index contributed by atoms with van der Waals surface area (Å²) < 4.78 is 18.0. The monoisotopic (exact) mass is 292 g/mol. The largest absolute Gasteiger partial charge is 0.382 e. The molecule has 1 heterocycles. The van der Waals surface area contributed by atoms with Gasteiger partial charge < -0.3 is 24.5 Å². The first-order valence-corrected chi connectivity index (χ1v) is 7.28. The Balaban J connectivity index is 1.74. The van der Waals surface area contributed by atoms with Gasteiger partial charge in [-0.1, -0.05) is 12.1 Å². The molecule has 1 aromatic heterocycles. The van der Waals surface area contributed by atoms with Crippen molar-refractivity contribution in [3.63, 3.8) is 0 Å². The first-order valence-electron chi connectivity index (χ1n) is 7.28. The molecule has 0 atom stereocenters. The van der Waals surface area contributed by atoms with Gasteiger partial charge in [-0.2, -0.15) is 0 Å². The second-order valence-corrected chi connectivity index (χ2v) is 4.78. The Morgan fingerprint density at radius 1 is 1.00 bits per heavy atom. The van der Waals surface area contributed by atoms with Crippen LogP contribution in [0.4, 0.5) is 0 Å². The number of rotatable bonds is 10. The van der Waals surface area contributed by atoms with E-state index in [9.17, 15) is 0 Å². The van der Waals surface area contributed by atoms with Crippen molar-refractivity contribution in [3.8, 4) is 0 Å². The first-order chi connectivity index (χ1) is 10.4. The van der Waals surface area contributed by atoms with E-state index in [0.29, 0.717) is 39.6 Å². The highest BCUT2D eigenvalue weighted by Gasteiger charge is 2.04. The van der Waals surface area contributed by atoms with Crippen molar-refractivity contribution in [1.82, 2.24) is 4.57 Å². The second-order valence-electron chi connectivity index (χ2n) is 4.78. The predicted molar refractivity (Wildman–Crippen MR) is 83.3 cm³/mol. The number of nitrogens with two attached hydrogens (primary N) is 1. The van der Waals surface area contributed by atoms with Crippen LogP contribution >= 0.6 is 0 Å².